The highest BCUT2D eigenvalue weighted by Gasteiger charge is 2.32. The Morgan fingerprint density at radius 3 is 2.20 bits per heavy atom. The summed E-state index contributed by atoms with van der Waals surface area (Å²) in [6.45, 7) is 11.4. The van der Waals surface area contributed by atoms with Crippen molar-refractivity contribution < 1.29 is 4.74 Å². The zero-order chi connectivity index (χ0) is 15.2. The second kappa shape index (κ2) is 7.77. The molecule has 114 valence electrons. The number of hydrogen-bond donors (Lipinski definition) is 2. The molecule has 0 saturated carbocycles. The van der Waals surface area contributed by atoms with Gasteiger partial charge in [-0.2, -0.15) is 0 Å². The van der Waals surface area contributed by atoms with Crippen molar-refractivity contribution in [3.63, 3.8) is 0 Å². The van der Waals surface area contributed by atoms with Gasteiger partial charge in [0.25, 0.3) is 0 Å². The zero-order valence-corrected chi connectivity index (χ0v) is 13.6. The predicted octanol–water partition coefficient (Wildman–Crippen LogP) is 3.39. The summed E-state index contributed by atoms with van der Waals surface area (Å²) >= 11 is 0. The standard InChI is InChI=1S/C17H30N2O/c1-6-17(5,20-7-2)16(19-18)12-14-8-10-15(11-9-14)13(3)4/h8-11,13,16,19H,6-7,12,18H2,1-5H3. The lowest BCUT2D eigenvalue weighted by atomic mass is 9.88. The van der Waals surface area contributed by atoms with E-state index < -0.39 is 0 Å². The van der Waals surface area contributed by atoms with Crippen molar-refractivity contribution in [2.45, 2.75) is 65.0 Å². The molecule has 0 fully saturated rings. The number of hydrazine groups is 1. The van der Waals surface area contributed by atoms with Crippen molar-refractivity contribution in [1.82, 2.24) is 5.43 Å². The molecule has 1 aromatic rings. The van der Waals surface area contributed by atoms with E-state index in [1.165, 1.54) is 11.1 Å². The summed E-state index contributed by atoms with van der Waals surface area (Å²) in [7, 11) is 0. The van der Waals surface area contributed by atoms with Crippen LogP contribution in [0.5, 0.6) is 0 Å². The van der Waals surface area contributed by atoms with Crippen LogP contribution in [0, 0.1) is 0 Å². The molecule has 3 nitrogen and oxygen atoms in total. The van der Waals surface area contributed by atoms with E-state index >= 15 is 0 Å². The van der Waals surface area contributed by atoms with Crippen LogP contribution in [-0.4, -0.2) is 18.2 Å². The molecule has 0 heterocycles. The Kier molecular flexibility index (Phi) is 6.66. The fourth-order valence-electron chi connectivity index (χ4n) is 2.50. The largest absolute Gasteiger partial charge is 0.374 e. The third kappa shape index (κ3) is 4.30. The van der Waals surface area contributed by atoms with Crippen molar-refractivity contribution in [1.29, 1.82) is 0 Å². The van der Waals surface area contributed by atoms with Crippen molar-refractivity contribution >= 4 is 0 Å². The molecule has 0 amide bonds. The second-order valence-corrected chi connectivity index (χ2v) is 5.92. The minimum Gasteiger partial charge on any atom is -0.374 e. The third-order valence-corrected chi connectivity index (χ3v) is 4.20. The Morgan fingerprint density at radius 1 is 1.20 bits per heavy atom. The van der Waals surface area contributed by atoms with E-state index in [4.69, 9.17) is 10.6 Å². The minimum atomic E-state index is -0.236. The van der Waals surface area contributed by atoms with Crippen molar-refractivity contribution in [3.8, 4) is 0 Å². The monoisotopic (exact) mass is 278 g/mol. The van der Waals surface area contributed by atoms with Gasteiger partial charge in [-0.15, -0.1) is 0 Å². The highest BCUT2D eigenvalue weighted by atomic mass is 16.5. The van der Waals surface area contributed by atoms with Gasteiger partial charge in [0.1, 0.15) is 0 Å². The Bertz CT molecular complexity index is 388. The summed E-state index contributed by atoms with van der Waals surface area (Å²) in [5.74, 6) is 6.33. The molecule has 20 heavy (non-hydrogen) atoms. The molecule has 0 aliphatic heterocycles. The van der Waals surface area contributed by atoms with Gasteiger partial charge in [0, 0.05) is 6.61 Å². The summed E-state index contributed by atoms with van der Waals surface area (Å²) in [6.07, 6.45) is 1.80. The van der Waals surface area contributed by atoms with E-state index in [9.17, 15) is 0 Å². The van der Waals surface area contributed by atoms with E-state index in [0.717, 1.165) is 12.8 Å². The fraction of sp³-hybridized carbons (Fsp3) is 0.647. The number of nitrogens with two attached hydrogens (primary N) is 1. The lowest BCUT2D eigenvalue weighted by Gasteiger charge is -2.36. The maximum Gasteiger partial charge on any atom is 0.0820 e. The van der Waals surface area contributed by atoms with Crippen LogP contribution in [-0.2, 0) is 11.2 Å². The Balaban J connectivity index is 2.82. The van der Waals surface area contributed by atoms with Gasteiger partial charge in [0.2, 0.25) is 0 Å². The van der Waals surface area contributed by atoms with Gasteiger partial charge in [-0.3, -0.25) is 11.3 Å². The molecular formula is C17H30N2O. The Labute approximate surface area is 123 Å². The highest BCUT2D eigenvalue weighted by molar-refractivity contribution is 5.25. The molecule has 2 atom stereocenters. The van der Waals surface area contributed by atoms with Gasteiger partial charge in [-0.25, -0.2) is 0 Å². The van der Waals surface area contributed by atoms with Crippen molar-refractivity contribution in [2.75, 3.05) is 6.61 Å². The molecule has 0 aromatic heterocycles. The topological polar surface area (TPSA) is 47.3 Å². The molecule has 3 heteroatoms. The molecule has 0 radical (unpaired) electrons. The first-order valence-corrected chi connectivity index (χ1v) is 7.65. The SMILES string of the molecule is CCOC(C)(CC)C(Cc1ccc(C(C)C)cc1)NN. The van der Waals surface area contributed by atoms with E-state index in [0.29, 0.717) is 12.5 Å². The molecule has 3 N–H and O–H groups in total. The normalized spacial score (nSPS) is 16.1. The number of nitrogens with one attached hydrogen (secondary N) is 1. The average molecular weight is 278 g/mol. The molecule has 0 saturated heterocycles. The second-order valence-electron chi connectivity index (χ2n) is 5.92. The first-order chi connectivity index (χ1) is 9.46. The molecule has 0 aliphatic rings. The molecule has 1 aromatic carbocycles. The summed E-state index contributed by atoms with van der Waals surface area (Å²) in [6, 6.07) is 8.91. The first kappa shape index (κ1) is 17.2. The summed E-state index contributed by atoms with van der Waals surface area (Å²) in [5.41, 5.74) is 5.36. The van der Waals surface area contributed by atoms with E-state index in [2.05, 4.69) is 57.4 Å². The van der Waals surface area contributed by atoms with Crippen LogP contribution in [0.25, 0.3) is 0 Å². The quantitative estimate of drug-likeness (QED) is 0.566. The van der Waals surface area contributed by atoms with Gasteiger partial charge in [-0.1, -0.05) is 45.0 Å². The van der Waals surface area contributed by atoms with Crippen LogP contribution in [0.1, 0.15) is 58.1 Å². The smallest absolute Gasteiger partial charge is 0.0820 e. The fourth-order valence-corrected chi connectivity index (χ4v) is 2.50. The predicted molar refractivity (Wildman–Crippen MR) is 85.7 cm³/mol. The number of benzene rings is 1. The Hall–Kier alpha value is -0.900. The summed E-state index contributed by atoms with van der Waals surface area (Å²) in [4.78, 5) is 0. The molecule has 2 unspecified atom stereocenters. The molecule has 0 bridgehead atoms. The van der Waals surface area contributed by atoms with Gasteiger partial charge < -0.3 is 4.74 Å². The van der Waals surface area contributed by atoms with Gasteiger partial charge in [0.15, 0.2) is 0 Å². The van der Waals surface area contributed by atoms with Crippen LogP contribution in [0.2, 0.25) is 0 Å². The minimum absolute atomic E-state index is 0.109. The molecule has 0 aliphatic carbocycles. The van der Waals surface area contributed by atoms with Crippen molar-refractivity contribution in [2.24, 2.45) is 5.84 Å². The van der Waals surface area contributed by atoms with Crippen molar-refractivity contribution in [3.05, 3.63) is 35.4 Å². The van der Waals surface area contributed by atoms with Crippen LogP contribution in [0.4, 0.5) is 0 Å². The van der Waals surface area contributed by atoms with Gasteiger partial charge in [-0.05, 0) is 43.7 Å². The molecule has 0 spiro atoms. The summed E-state index contributed by atoms with van der Waals surface area (Å²) < 4.78 is 5.92. The highest BCUT2D eigenvalue weighted by Crippen LogP contribution is 2.23. The summed E-state index contributed by atoms with van der Waals surface area (Å²) in [5, 5.41) is 0. The van der Waals surface area contributed by atoms with Crippen LogP contribution >= 0.6 is 0 Å². The lowest BCUT2D eigenvalue weighted by molar-refractivity contribution is -0.0550. The molecule has 1 rings (SSSR count). The van der Waals surface area contributed by atoms with E-state index in [1.807, 2.05) is 6.92 Å². The lowest BCUT2D eigenvalue weighted by Crippen LogP contribution is -2.54. The van der Waals surface area contributed by atoms with Crippen LogP contribution < -0.4 is 11.3 Å². The Morgan fingerprint density at radius 2 is 1.80 bits per heavy atom. The zero-order valence-electron chi connectivity index (χ0n) is 13.6. The van der Waals surface area contributed by atoms with Crippen LogP contribution in [0.15, 0.2) is 24.3 Å². The van der Waals surface area contributed by atoms with Gasteiger partial charge in [0.05, 0.1) is 11.6 Å². The van der Waals surface area contributed by atoms with Gasteiger partial charge >= 0.3 is 0 Å². The van der Waals surface area contributed by atoms with E-state index in [1.54, 1.807) is 0 Å². The van der Waals surface area contributed by atoms with Crippen LogP contribution in [0.3, 0.4) is 0 Å². The van der Waals surface area contributed by atoms with E-state index in [-0.39, 0.29) is 11.6 Å². The molecular weight excluding hydrogens is 248 g/mol. The average Bonchev–Trinajstić information content (AvgIpc) is 2.45. The number of rotatable bonds is 8. The maximum atomic E-state index is 5.92. The third-order valence-electron chi connectivity index (χ3n) is 4.20. The first-order valence-electron chi connectivity index (χ1n) is 7.65. The number of ether oxygens (including phenoxy) is 1. The number of hydrogen-bond acceptors (Lipinski definition) is 3. The maximum absolute atomic E-state index is 5.92.